The van der Waals surface area contributed by atoms with Crippen LogP contribution < -0.4 is 0 Å². The summed E-state index contributed by atoms with van der Waals surface area (Å²) in [6.45, 7) is 0.500. The molecule has 0 fully saturated rings. The van der Waals surface area contributed by atoms with Gasteiger partial charge in [-0.1, -0.05) is 30.3 Å². The Bertz CT molecular complexity index is 1290. The third-order valence-corrected chi connectivity index (χ3v) is 7.02. The zero-order chi connectivity index (χ0) is 20.5. The Balaban J connectivity index is 1.31. The zero-order valence-electron chi connectivity index (χ0n) is 16.2. The molecule has 0 aliphatic heterocycles. The Morgan fingerprint density at radius 3 is 2.63 bits per heavy atom. The molecule has 0 atom stereocenters. The van der Waals surface area contributed by atoms with Gasteiger partial charge in [0, 0.05) is 25.4 Å². The highest BCUT2D eigenvalue weighted by Gasteiger charge is 2.17. The lowest BCUT2D eigenvalue weighted by Crippen LogP contribution is -2.25. The van der Waals surface area contributed by atoms with Crippen LogP contribution in [0.25, 0.3) is 25.8 Å². The molecule has 0 aliphatic carbocycles. The first-order chi connectivity index (χ1) is 14.7. The summed E-state index contributed by atoms with van der Waals surface area (Å²) >= 11 is 3.14. The van der Waals surface area contributed by atoms with Gasteiger partial charge in [-0.3, -0.25) is 4.79 Å². The molecule has 30 heavy (non-hydrogen) atoms. The van der Waals surface area contributed by atoms with E-state index in [9.17, 15) is 4.79 Å². The molecular weight excluding hydrogens is 412 g/mol. The summed E-state index contributed by atoms with van der Waals surface area (Å²) in [6.07, 6.45) is 3.76. The lowest BCUT2D eigenvalue weighted by molar-refractivity contribution is 0.0790. The summed E-state index contributed by atoms with van der Waals surface area (Å²) in [4.78, 5) is 21.1. The van der Waals surface area contributed by atoms with Crippen LogP contribution in [0.1, 0.15) is 15.2 Å². The molecule has 5 nitrogen and oxygen atoms in total. The Morgan fingerprint density at radius 1 is 1.00 bits per heavy atom. The maximum atomic E-state index is 12.9. The van der Waals surface area contributed by atoms with Crippen molar-refractivity contribution < 1.29 is 4.79 Å². The minimum atomic E-state index is -0.000165. The first-order valence-corrected chi connectivity index (χ1v) is 11.1. The molecule has 0 saturated heterocycles. The number of rotatable bonds is 5. The Morgan fingerprint density at radius 2 is 1.80 bits per heavy atom. The van der Waals surface area contributed by atoms with Gasteiger partial charge in [0.25, 0.3) is 5.91 Å². The lowest BCUT2D eigenvalue weighted by Gasteiger charge is -2.14. The maximum absolute atomic E-state index is 12.9. The smallest absolute Gasteiger partial charge is 0.263 e. The van der Waals surface area contributed by atoms with E-state index in [1.54, 1.807) is 22.4 Å². The summed E-state index contributed by atoms with van der Waals surface area (Å²) in [6, 6.07) is 21.9. The highest BCUT2D eigenvalue weighted by molar-refractivity contribution is 7.26. The molecule has 1 amide bonds. The van der Waals surface area contributed by atoms with Crippen molar-refractivity contribution in [2.45, 2.75) is 6.54 Å². The third-order valence-electron chi connectivity index (χ3n) is 4.74. The van der Waals surface area contributed by atoms with Crippen LogP contribution in [-0.2, 0) is 6.54 Å². The molecule has 0 saturated carbocycles. The van der Waals surface area contributed by atoms with Gasteiger partial charge >= 0.3 is 0 Å². The standard InChI is InChI=1S/C23H18N4OS2/c1-26(14-16-13-24-27(15-16)17-7-3-2-4-8-17)23(28)21-12-11-20(29-21)22-25-18-9-5-6-10-19(18)30-22/h2-13,15H,14H2,1H3. The number of benzene rings is 2. The van der Waals surface area contributed by atoms with E-state index in [4.69, 9.17) is 4.98 Å². The van der Waals surface area contributed by atoms with E-state index in [2.05, 4.69) is 11.2 Å². The molecule has 3 aromatic heterocycles. The van der Waals surface area contributed by atoms with Crippen LogP contribution in [0.3, 0.4) is 0 Å². The number of carbonyl (C=O) groups is 1. The van der Waals surface area contributed by atoms with Crippen molar-refractivity contribution in [3.8, 4) is 15.6 Å². The van der Waals surface area contributed by atoms with E-state index in [0.717, 1.165) is 31.4 Å². The fourth-order valence-corrected chi connectivity index (χ4v) is 5.26. The first-order valence-electron chi connectivity index (χ1n) is 9.47. The molecule has 5 aromatic rings. The van der Waals surface area contributed by atoms with Crippen molar-refractivity contribution in [1.82, 2.24) is 19.7 Å². The molecule has 3 heterocycles. The van der Waals surface area contributed by atoms with Gasteiger partial charge in [0.15, 0.2) is 0 Å². The van der Waals surface area contributed by atoms with E-state index < -0.39 is 0 Å². The van der Waals surface area contributed by atoms with Gasteiger partial charge in [-0.05, 0) is 36.4 Å². The number of thiophene rings is 1. The summed E-state index contributed by atoms with van der Waals surface area (Å²) < 4.78 is 2.98. The van der Waals surface area contributed by atoms with Crippen LogP contribution in [0.2, 0.25) is 0 Å². The van der Waals surface area contributed by atoms with Crippen molar-refractivity contribution in [2.75, 3.05) is 7.05 Å². The highest BCUT2D eigenvalue weighted by atomic mass is 32.1. The number of carbonyl (C=O) groups excluding carboxylic acids is 1. The number of fused-ring (bicyclic) bond motifs is 1. The fraction of sp³-hybridized carbons (Fsp3) is 0.0870. The summed E-state index contributed by atoms with van der Waals surface area (Å²) in [5, 5.41) is 5.36. The first kappa shape index (κ1) is 18.7. The molecule has 148 valence electrons. The predicted molar refractivity (Wildman–Crippen MR) is 122 cm³/mol. The summed E-state index contributed by atoms with van der Waals surface area (Å²) in [5.74, 6) is -0.000165. The zero-order valence-corrected chi connectivity index (χ0v) is 17.9. The largest absolute Gasteiger partial charge is 0.337 e. The van der Waals surface area contributed by atoms with E-state index in [-0.39, 0.29) is 5.91 Å². The number of hydrogen-bond donors (Lipinski definition) is 0. The summed E-state index contributed by atoms with van der Waals surface area (Å²) in [5.41, 5.74) is 2.97. The van der Waals surface area contributed by atoms with Crippen molar-refractivity contribution in [3.05, 3.63) is 89.6 Å². The number of amides is 1. The Labute approximate surface area is 181 Å². The Kier molecular flexibility index (Phi) is 4.90. The van der Waals surface area contributed by atoms with Gasteiger partial charge in [0.1, 0.15) is 5.01 Å². The van der Waals surface area contributed by atoms with Gasteiger partial charge in [0.05, 0.1) is 31.9 Å². The van der Waals surface area contributed by atoms with Gasteiger partial charge in [0.2, 0.25) is 0 Å². The third kappa shape index (κ3) is 3.65. The van der Waals surface area contributed by atoms with Crippen LogP contribution in [0.5, 0.6) is 0 Å². The van der Waals surface area contributed by atoms with E-state index in [1.807, 2.05) is 78.6 Å². The van der Waals surface area contributed by atoms with Gasteiger partial charge < -0.3 is 4.90 Å². The second-order valence-corrected chi connectivity index (χ2v) is 9.05. The average molecular weight is 431 g/mol. The quantitative estimate of drug-likeness (QED) is 0.371. The molecule has 2 aromatic carbocycles. The number of aromatic nitrogens is 3. The summed E-state index contributed by atoms with van der Waals surface area (Å²) in [7, 11) is 1.82. The van der Waals surface area contributed by atoms with Gasteiger partial charge in [-0.2, -0.15) is 5.10 Å². The maximum Gasteiger partial charge on any atom is 0.263 e. The molecule has 0 radical (unpaired) electrons. The molecule has 5 rings (SSSR count). The average Bonchev–Trinajstić information content (AvgIpc) is 3.52. The van der Waals surface area contributed by atoms with Crippen LogP contribution in [0.4, 0.5) is 0 Å². The minimum absolute atomic E-state index is 0.000165. The van der Waals surface area contributed by atoms with E-state index in [0.29, 0.717) is 11.4 Å². The highest BCUT2D eigenvalue weighted by Crippen LogP contribution is 2.34. The van der Waals surface area contributed by atoms with Gasteiger partial charge in [-0.15, -0.1) is 22.7 Å². The van der Waals surface area contributed by atoms with E-state index >= 15 is 0 Å². The Hall–Kier alpha value is -3.29. The molecule has 0 N–H and O–H groups in total. The molecule has 0 aliphatic rings. The number of thiazole rings is 1. The molecule has 0 bridgehead atoms. The minimum Gasteiger partial charge on any atom is -0.337 e. The van der Waals surface area contributed by atoms with Crippen molar-refractivity contribution in [3.63, 3.8) is 0 Å². The van der Waals surface area contributed by atoms with Crippen LogP contribution in [-0.4, -0.2) is 32.6 Å². The van der Waals surface area contributed by atoms with Crippen molar-refractivity contribution in [2.24, 2.45) is 0 Å². The van der Waals surface area contributed by atoms with Crippen molar-refractivity contribution in [1.29, 1.82) is 0 Å². The molecular formula is C23H18N4OS2. The van der Waals surface area contributed by atoms with Crippen LogP contribution in [0.15, 0.2) is 79.1 Å². The molecule has 7 heteroatoms. The van der Waals surface area contributed by atoms with Crippen LogP contribution >= 0.6 is 22.7 Å². The van der Waals surface area contributed by atoms with Crippen LogP contribution in [0, 0.1) is 0 Å². The monoisotopic (exact) mass is 430 g/mol. The number of para-hydroxylation sites is 2. The SMILES string of the molecule is CN(Cc1cnn(-c2ccccc2)c1)C(=O)c1ccc(-c2nc3ccccc3s2)s1. The molecule has 0 unspecified atom stereocenters. The topological polar surface area (TPSA) is 51.0 Å². The predicted octanol–water partition coefficient (Wildman–Crippen LogP) is 5.48. The van der Waals surface area contributed by atoms with Crippen molar-refractivity contribution >= 4 is 38.8 Å². The second-order valence-electron chi connectivity index (χ2n) is 6.94. The fourth-order valence-electron chi connectivity index (χ4n) is 3.24. The number of hydrogen-bond acceptors (Lipinski definition) is 5. The number of nitrogens with zero attached hydrogens (tertiary/aromatic N) is 4. The normalized spacial score (nSPS) is 11.1. The molecule has 0 spiro atoms. The van der Waals surface area contributed by atoms with E-state index in [1.165, 1.54) is 11.3 Å². The lowest BCUT2D eigenvalue weighted by atomic mass is 10.3. The second kappa shape index (κ2) is 7.85. The van der Waals surface area contributed by atoms with Gasteiger partial charge in [-0.25, -0.2) is 9.67 Å².